The second-order valence-corrected chi connectivity index (χ2v) is 7.49. The Morgan fingerprint density at radius 3 is 2.77 bits per heavy atom. The lowest BCUT2D eigenvalue weighted by atomic mass is 9.95. The summed E-state index contributed by atoms with van der Waals surface area (Å²) in [7, 11) is 0. The molecule has 1 N–H and O–H groups in total. The van der Waals surface area contributed by atoms with E-state index >= 15 is 0 Å². The maximum Gasteiger partial charge on any atom is 0.272 e. The minimum Gasteiger partial charge on any atom is -0.350 e. The zero-order chi connectivity index (χ0) is 17.9. The van der Waals surface area contributed by atoms with Gasteiger partial charge >= 0.3 is 0 Å². The van der Waals surface area contributed by atoms with E-state index in [4.69, 9.17) is 0 Å². The third-order valence-corrected chi connectivity index (χ3v) is 5.64. The van der Waals surface area contributed by atoms with E-state index < -0.39 is 0 Å². The van der Waals surface area contributed by atoms with Crippen molar-refractivity contribution in [1.29, 1.82) is 0 Å². The molecule has 0 unspecified atom stereocenters. The smallest absolute Gasteiger partial charge is 0.272 e. The van der Waals surface area contributed by atoms with Crippen molar-refractivity contribution in [2.75, 3.05) is 6.54 Å². The van der Waals surface area contributed by atoms with E-state index in [1.807, 2.05) is 16.1 Å². The third kappa shape index (κ3) is 3.42. The zero-order valence-electron chi connectivity index (χ0n) is 14.4. The summed E-state index contributed by atoms with van der Waals surface area (Å²) >= 11 is 1.69. The van der Waals surface area contributed by atoms with Crippen molar-refractivity contribution in [3.8, 4) is 5.69 Å². The summed E-state index contributed by atoms with van der Waals surface area (Å²) < 4.78 is 15.0. The number of fused-ring (bicyclic) bond motifs is 1. The molecule has 26 heavy (non-hydrogen) atoms. The molecule has 1 amide bonds. The Labute approximate surface area is 155 Å². The number of carbonyl (C=O) groups excluding carboxylic acids is 1. The second-order valence-electron chi connectivity index (χ2n) is 6.45. The van der Waals surface area contributed by atoms with Gasteiger partial charge in [-0.05, 0) is 67.8 Å². The summed E-state index contributed by atoms with van der Waals surface area (Å²) in [5.74, 6) is -0.401. The van der Waals surface area contributed by atoms with Gasteiger partial charge in [-0.1, -0.05) is 6.07 Å². The van der Waals surface area contributed by atoms with Gasteiger partial charge in [0.1, 0.15) is 5.82 Å². The fourth-order valence-corrected chi connectivity index (χ4v) is 4.12. The quantitative estimate of drug-likeness (QED) is 0.741. The van der Waals surface area contributed by atoms with Crippen LogP contribution in [0.25, 0.3) is 5.69 Å². The molecular weight excluding hydrogens is 349 g/mol. The highest BCUT2D eigenvalue weighted by molar-refractivity contribution is 7.09. The lowest BCUT2D eigenvalue weighted by molar-refractivity contribution is 0.0948. The Morgan fingerprint density at radius 1 is 1.19 bits per heavy atom. The van der Waals surface area contributed by atoms with E-state index in [2.05, 4.69) is 16.5 Å². The number of halogens is 1. The van der Waals surface area contributed by atoms with Crippen molar-refractivity contribution < 1.29 is 9.18 Å². The molecule has 0 atom stereocenters. The lowest BCUT2D eigenvalue weighted by Gasteiger charge is -2.14. The largest absolute Gasteiger partial charge is 0.350 e. The molecule has 0 saturated heterocycles. The third-order valence-electron chi connectivity index (χ3n) is 4.70. The van der Waals surface area contributed by atoms with Crippen molar-refractivity contribution >= 4 is 17.2 Å². The van der Waals surface area contributed by atoms with Gasteiger partial charge in [0, 0.05) is 22.7 Å². The van der Waals surface area contributed by atoms with Crippen LogP contribution in [0.1, 0.15) is 39.5 Å². The second kappa shape index (κ2) is 7.41. The highest BCUT2D eigenvalue weighted by Gasteiger charge is 2.25. The number of amides is 1. The number of thiophene rings is 1. The van der Waals surface area contributed by atoms with E-state index in [0.29, 0.717) is 12.2 Å². The molecule has 0 fully saturated rings. The molecular formula is C20H20FN3OS. The van der Waals surface area contributed by atoms with Crippen LogP contribution in [0.4, 0.5) is 4.39 Å². The Morgan fingerprint density at radius 2 is 2.00 bits per heavy atom. The molecule has 1 aliphatic rings. The summed E-state index contributed by atoms with van der Waals surface area (Å²) in [6.07, 6.45) is 4.73. The number of hydrogen-bond acceptors (Lipinski definition) is 3. The van der Waals surface area contributed by atoms with E-state index in [1.165, 1.54) is 17.0 Å². The van der Waals surface area contributed by atoms with Crippen molar-refractivity contribution in [3.63, 3.8) is 0 Å². The first-order valence-corrected chi connectivity index (χ1v) is 9.77. The highest BCUT2D eigenvalue weighted by Crippen LogP contribution is 2.27. The van der Waals surface area contributed by atoms with Gasteiger partial charge < -0.3 is 5.32 Å². The number of nitrogens with one attached hydrogen (secondary N) is 1. The number of nitrogens with zero attached hydrogens (tertiary/aromatic N) is 2. The first kappa shape index (κ1) is 17.0. The van der Waals surface area contributed by atoms with Crippen LogP contribution >= 0.6 is 11.3 Å². The Bertz CT molecular complexity index is 900. The Kier molecular flexibility index (Phi) is 4.84. The standard InChI is InChI=1S/C20H20FN3OS/c21-14-7-9-15(10-8-14)24-18-6-2-1-5-17(18)19(23-24)20(25)22-12-11-16-4-3-13-26-16/h3-4,7-10,13H,1-2,5-6,11-12H2,(H,22,25). The average Bonchev–Trinajstić information content (AvgIpc) is 3.30. The van der Waals surface area contributed by atoms with Crippen LogP contribution in [0.2, 0.25) is 0 Å². The molecule has 0 spiro atoms. The first-order chi connectivity index (χ1) is 12.7. The molecule has 3 aromatic rings. The molecule has 0 radical (unpaired) electrons. The lowest BCUT2D eigenvalue weighted by Crippen LogP contribution is -2.27. The summed E-state index contributed by atoms with van der Waals surface area (Å²) in [4.78, 5) is 14.0. The van der Waals surface area contributed by atoms with Crippen LogP contribution < -0.4 is 5.32 Å². The van der Waals surface area contributed by atoms with Crippen LogP contribution in [-0.2, 0) is 19.3 Å². The molecule has 2 heterocycles. The summed E-state index contributed by atoms with van der Waals surface area (Å²) in [5, 5.41) is 9.62. The van der Waals surface area contributed by atoms with Gasteiger partial charge in [-0.15, -0.1) is 11.3 Å². The van der Waals surface area contributed by atoms with Crippen molar-refractivity contribution in [2.24, 2.45) is 0 Å². The molecule has 134 valence electrons. The van der Waals surface area contributed by atoms with Gasteiger partial charge in [-0.25, -0.2) is 9.07 Å². The van der Waals surface area contributed by atoms with Gasteiger partial charge in [-0.2, -0.15) is 5.10 Å². The fraction of sp³-hybridized carbons (Fsp3) is 0.300. The summed E-state index contributed by atoms with van der Waals surface area (Å²) in [6, 6.07) is 10.3. The maximum atomic E-state index is 13.2. The topological polar surface area (TPSA) is 46.9 Å². The first-order valence-electron chi connectivity index (χ1n) is 8.89. The zero-order valence-corrected chi connectivity index (χ0v) is 15.2. The molecule has 4 nitrogen and oxygen atoms in total. The fourth-order valence-electron chi connectivity index (χ4n) is 3.42. The van der Waals surface area contributed by atoms with Crippen LogP contribution in [0, 0.1) is 5.82 Å². The maximum absolute atomic E-state index is 13.2. The molecule has 1 aliphatic carbocycles. The van der Waals surface area contributed by atoms with Crippen LogP contribution in [0.5, 0.6) is 0 Å². The van der Waals surface area contributed by atoms with E-state index in [1.54, 1.807) is 23.5 Å². The van der Waals surface area contributed by atoms with Crippen molar-refractivity contribution in [2.45, 2.75) is 32.1 Å². The van der Waals surface area contributed by atoms with Gasteiger partial charge in [0.15, 0.2) is 5.69 Å². The molecule has 0 aliphatic heterocycles. The number of hydrogen-bond donors (Lipinski definition) is 1. The van der Waals surface area contributed by atoms with Gasteiger partial charge in [0.05, 0.1) is 5.69 Å². The van der Waals surface area contributed by atoms with E-state index in [-0.39, 0.29) is 11.7 Å². The number of aromatic nitrogens is 2. The highest BCUT2D eigenvalue weighted by atomic mass is 32.1. The molecule has 0 bridgehead atoms. The number of carbonyl (C=O) groups is 1. The monoisotopic (exact) mass is 369 g/mol. The predicted octanol–water partition coefficient (Wildman–Crippen LogP) is 3.92. The normalized spacial score (nSPS) is 13.4. The molecule has 2 aromatic heterocycles. The van der Waals surface area contributed by atoms with Crippen LogP contribution in [0.15, 0.2) is 41.8 Å². The minimum atomic E-state index is -0.277. The average molecular weight is 369 g/mol. The molecule has 6 heteroatoms. The molecule has 1 aromatic carbocycles. The van der Waals surface area contributed by atoms with Gasteiger partial charge in [-0.3, -0.25) is 4.79 Å². The van der Waals surface area contributed by atoms with E-state index in [9.17, 15) is 9.18 Å². The number of rotatable bonds is 5. The molecule has 4 rings (SSSR count). The molecule has 0 saturated carbocycles. The summed E-state index contributed by atoms with van der Waals surface area (Å²) in [5.41, 5.74) is 3.41. The van der Waals surface area contributed by atoms with Crippen molar-refractivity contribution in [3.05, 3.63) is 69.4 Å². The van der Waals surface area contributed by atoms with Gasteiger partial charge in [0.25, 0.3) is 5.91 Å². The predicted molar refractivity (Wildman–Crippen MR) is 101 cm³/mol. The summed E-state index contributed by atoms with van der Waals surface area (Å²) in [6.45, 7) is 0.595. The van der Waals surface area contributed by atoms with Crippen molar-refractivity contribution in [1.82, 2.24) is 15.1 Å². The minimum absolute atomic E-state index is 0.124. The van der Waals surface area contributed by atoms with E-state index in [0.717, 1.165) is 49.0 Å². The Hall–Kier alpha value is -2.47. The SMILES string of the molecule is O=C(NCCc1cccs1)c1nn(-c2ccc(F)cc2)c2c1CCCC2. The van der Waals surface area contributed by atoms with Crippen LogP contribution in [0.3, 0.4) is 0 Å². The van der Waals surface area contributed by atoms with Crippen LogP contribution in [-0.4, -0.2) is 22.2 Å². The van der Waals surface area contributed by atoms with Gasteiger partial charge in [0.2, 0.25) is 0 Å². The number of benzene rings is 1. The Balaban J connectivity index is 1.57.